The third kappa shape index (κ3) is 2.80. The van der Waals surface area contributed by atoms with Crippen LogP contribution in [0.5, 0.6) is 0 Å². The lowest BCUT2D eigenvalue weighted by Crippen LogP contribution is -1.99. The molecule has 0 radical (unpaired) electrons. The molecule has 6 nitrogen and oxygen atoms in total. The average Bonchev–Trinajstić information content (AvgIpc) is 2.38. The van der Waals surface area contributed by atoms with Gasteiger partial charge in [-0.25, -0.2) is 0 Å². The Hall–Kier alpha value is -2.76. The van der Waals surface area contributed by atoms with Gasteiger partial charge in [-0.15, -0.1) is 0 Å². The van der Waals surface area contributed by atoms with Crippen LogP contribution in [0.3, 0.4) is 0 Å². The number of nitro benzene ring substituents is 2. The minimum absolute atomic E-state index is 0.0159. The van der Waals surface area contributed by atoms with Crippen LogP contribution in [-0.4, -0.2) is 9.85 Å². The largest absolute Gasteiger partial charge is 0.275 e. The molecule has 0 aliphatic carbocycles. The van der Waals surface area contributed by atoms with Gasteiger partial charge >= 0.3 is 0 Å². The number of nitro groups is 2. The smallest absolute Gasteiger partial charge is 0.258 e. The summed E-state index contributed by atoms with van der Waals surface area (Å²) in [7, 11) is 0. The Bertz CT molecular complexity index is 683. The molecule has 0 atom stereocenters. The average molecular weight is 272 g/mol. The summed E-state index contributed by atoms with van der Waals surface area (Å²) in [6, 6.07) is 11.2. The summed E-state index contributed by atoms with van der Waals surface area (Å²) in [5.74, 6) is 0. The molecule has 2 aromatic carbocycles. The van der Waals surface area contributed by atoms with Crippen molar-refractivity contribution in [3.63, 3.8) is 0 Å². The van der Waals surface area contributed by atoms with Crippen LogP contribution in [0, 0.1) is 27.2 Å². The molecule has 0 bridgehead atoms. The highest BCUT2D eigenvalue weighted by Crippen LogP contribution is 2.26. The number of non-ortho nitro benzene ring substituents is 1. The maximum absolute atomic E-state index is 11.1. The molecule has 102 valence electrons. The maximum Gasteiger partial charge on any atom is 0.275 e. The number of hydrogen-bond donors (Lipinski definition) is 0. The van der Waals surface area contributed by atoms with Crippen molar-refractivity contribution in [2.24, 2.45) is 0 Å². The second-order valence-electron chi connectivity index (χ2n) is 4.44. The van der Waals surface area contributed by atoms with Gasteiger partial charge in [-0.2, -0.15) is 0 Å². The molecular formula is C14H12N2O4. The Morgan fingerprint density at radius 3 is 2.35 bits per heavy atom. The third-order valence-corrected chi connectivity index (χ3v) is 3.02. The van der Waals surface area contributed by atoms with E-state index in [9.17, 15) is 20.2 Å². The van der Waals surface area contributed by atoms with Crippen molar-refractivity contribution in [1.82, 2.24) is 0 Å². The highest BCUT2D eigenvalue weighted by atomic mass is 16.6. The summed E-state index contributed by atoms with van der Waals surface area (Å²) in [5, 5.41) is 21.8. The van der Waals surface area contributed by atoms with Crippen LogP contribution in [0.2, 0.25) is 0 Å². The molecule has 6 heteroatoms. The molecule has 0 aliphatic rings. The molecular weight excluding hydrogens is 260 g/mol. The molecule has 0 heterocycles. The van der Waals surface area contributed by atoms with Crippen molar-refractivity contribution in [2.45, 2.75) is 13.3 Å². The maximum atomic E-state index is 11.1. The fourth-order valence-corrected chi connectivity index (χ4v) is 2.12. The zero-order valence-electron chi connectivity index (χ0n) is 10.8. The monoisotopic (exact) mass is 272 g/mol. The molecule has 0 fully saturated rings. The van der Waals surface area contributed by atoms with Gasteiger partial charge in [0.1, 0.15) is 0 Å². The molecule has 20 heavy (non-hydrogen) atoms. The standard InChI is InChI=1S/C14H12N2O4/c1-10-4-2-6-12(14(10)16(19)20)8-11-5-3-7-13(9-11)15(17)18/h2-7,9H,8H2,1H3. The van der Waals surface area contributed by atoms with Crippen LogP contribution in [0.1, 0.15) is 16.7 Å². The van der Waals surface area contributed by atoms with Gasteiger partial charge in [0.15, 0.2) is 0 Å². The van der Waals surface area contributed by atoms with Gasteiger partial charge in [0.2, 0.25) is 0 Å². The Labute approximate surface area is 115 Å². The molecule has 0 saturated carbocycles. The van der Waals surface area contributed by atoms with Gasteiger partial charge < -0.3 is 0 Å². The van der Waals surface area contributed by atoms with Crippen molar-refractivity contribution in [1.29, 1.82) is 0 Å². The number of nitrogens with zero attached hydrogens (tertiary/aromatic N) is 2. The predicted molar refractivity (Wildman–Crippen MR) is 73.7 cm³/mol. The molecule has 0 unspecified atom stereocenters. The summed E-state index contributed by atoms with van der Waals surface area (Å²) in [4.78, 5) is 20.9. The van der Waals surface area contributed by atoms with Gasteiger partial charge in [0.05, 0.1) is 9.85 Å². The van der Waals surface area contributed by atoms with Crippen molar-refractivity contribution in [3.05, 3.63) is 79.4 Å². The fraction of sp³-hybridized carbons (Fsp3) is 0.143. The first kappa shape index (κ1) is 13.7. The number of para-hydroxylation sites is 1. The summed E-state index contributed by atoms with van der Waals surface area (Å²) in [6.45, 7) is 1.68. The van der Waals surface area contributed by atoms with Gasteiger partial charge in [0, 0.05) is 29.7 Å². The van der Waals surface area contributed by atoms with Crippen LogP contribution < -0.4 is 0 Å². The van der Waals surface area contributed by atoms with Gasteiger partial charge in [0.25, 0.3) is 11.4 Å². The van der Waals surface area contributed by atoms with Crippen LogP contribution >= 0.6 is 0 Å². The first-order valence-corrected chi connectivity index (χ1v) is 5.95. The highest BCUT2D eigenvalue weighted by Gasteiger charge is 2.17. The number of hydrogen-bond acceptors (Lipinski definition) is 4. The molecule has 0 aromatic heterocycles. The van der Waals surface area contributed by atoms with Gasteiger partial charge in [-0.3, -0.25) is 20.2 Å². The number of benzene rings is 2. The summed E-state index contributed by atoms with van der Waals surface area (Å²) in [6.07, 6.45) is 0.291. The number of aryl methyl sites for hydroxylation is 1. The minimum atomic E-state index is -0.478. The summed E-state index contributed by atoms with van der Waals surface area (Å²) < 4.78 is 0. The quantitative estimate of drug-likeness (QED) is 0.630. The second-order valence-corrected chi connectivity index (χ2v) is 4.44. The van der Waals surface area contributed by atoms with E-state index in [2.05, 4.69) is 0 Å². The summed E-state index contributed by atoms with van der Waals surface area (Å²) in [5.41, 5.74) is 1.86. The molecule has 0 aliphatic heterocycles. The van der Waals surface area contributed by atoms with E-state index in [1.807, 2.05) is 0 Å². The van der Waals surface area contributed by atoms with E-state index in [1.54, 1.807) is 37.3 Å². The van der Waals surface area contributed by atoms with E-state index in [0.717, 1.165) is 0 Å². The Morgan fingerprint density at radius 2 is 1.70 bits per heavy atom. The lowest BCUT2D eigenvalue weighted by Gasteiger charge is -2.05. The van der Waals surface area contributed by atoms with E-state index in [4.69, 9.17) is 0 Å². The van der Waals surface area contributed by atoms with Crippen molar-refractivity contribution in [2.75, 3.05) is 0 Å². The minimum Gasteiger partial charge on any atom is -0.258 e. The molecule has 2 rings (SSSR count). The highest BCUT2D eigenvalue weighted by molar-refractivity contribution is 5.49. The van der Waals surface area contributed by atoms with Crippen molar-refractivity contribution >= 4 is 11.4 Å². The van der Waals surface area contributed by atoms with Gasteiger partial charge in [-0.1, -0.05) is 30.3 Å². The molecule has 2 aromatic rings. The molecule has 0 amide bonds. The van der Waals surface area contributed by atoms with Crippen molar-refractivity contribution in [3.8, 4) is 0 Å². The van der Waals surface area contributed by atoms with Crippen LogP contribution in [-0.2, 0) is 6.42 Å². The van der Waals surface area contributed by atoms with E-state index >= 15 is 0 Å². The first-order chi connectivity index (χ1) is 9.49. The fourth-order valence-electron chi connectivity index (χ4n) is 2.12. The number of rotatable bonds is 4. The first-order valence-electron chi connectivity index (χ1n) is 5.95. The zero-order valence-corrected chi connectivity index (χ0v) is 10.8. The predicted octanol–water partition coefficient (Wildman–Crippen LogP) is 3.40. The van der Waals surface area contributed by atoms with Crippen LogP contribution in [0.4, 0.5) is 11.4 Å². The van der Waals surface area contributed by atoms with E-state index in [-0.39, 0.29) is 11.4 Å². The van der Waals surface area contributed by atoms with Crippen LogP contribution in [0.25, 0.3) is 0 Å². The Balaban J connectivity index is 2.40. The summed E-state index contributed by atoms with van der Waals surface area (Å²) >= 11 is 0. The van der Waals surface area contributed by atoms with Crippen molar-refractivity contribution < 1.29 is 9.85 Å². The second kappa shape index (κ2) is 5.48. The van der Waals surface area contributed by atoms with E-state index in [1.165, 1.54) is 12.1 Å². The van der Waals surface area contributed by atoms with E-state index in [0.29, 0.717) is 23.1 Å². The normalized spacial score (nSPS) is 10.2. The van der Waals surface area contributed by atoms with Crippen LogP contribution in [0.15, 0.2) is 42.5 Å². The Kier molecular flexibility index (Phi) is 3.74. The lowest BCUT2D eigenvalue weighted by atomic mass is 10.0. The Morgan fingerprint density at radius 1 is 1.00 bits per heavy atom. The SMILES string of the molecule is Cc1cccc(Cc2cccc([N+](=O)[O-])c2)c1[N+](=O)[O-]. The van der Waals surface area contributed by atoms with E-state index < -0.39 is 9.85 Å². The topological polar surface area (TPSA) is 86.3 Å². The molecule has 0 N–H and O–H groups in total. The third-order valence-electron chi connectivity index (χ3n) is 3.02. The zero-order chi connectivity index (χ0) is 14.7. The molecule has 0 saturated heterocycles. The lowest BCUT2D eigenvalue weighted by molar-refractivity contribution is -0.386. The molecule has 0 spiro atoms. The van der Waals surface area contributed by atoms with Gasteiger partial charge in [-0.05, 0) is 12.5 Å².